The van der Waals surface area contributed by atoms with Crippen molar-refractivity contribution in [1.82, 2.24) is 10.5 Å². The first-order chi connectivity index (χ1) is 5.47. The topological polar surface area (TPSA) is 38.1 Å². The molecule has 0 saturated heterocycles. The number of rotatable bonds is 2. The van der Waals surface area contributed by atoms with Crippen LogP contribution in [-0.2, 0) is 6.54 Å². The lowest BCUT2D eigenvalue weighted by Crippen LogP contribution is -2.34. The van der Waals surface area contributed by atoms with Gasteiger partial charge in [0.1, 0.15) is 0 Å². The largest absolute Gasteiger partial charge is 0.360 e. The molecule has 12 heavy (non-hydrogen) atoms. The maximum absolute atomic E-state index is 5.05. The third kappa shape index (κ3) is 3.05. The van der Waals surface area contributed by atoms with Gasteiger partial charge in [0.15, 0.2) is 5.76 Å². The van der Waals surface area contributed by atoms with E-state index in [4.69, 9.17) is 4.52 Å². The van der Waals surface area contributed by atoms with Gasteiger partial charge >= 0.3 is 0 Å². The highest BCUT2D eigenvalue weighted by atomic mass is 16.5. The van der Waals surface area contributed by atoms with Crippen LogP contribution < -0.4 is 5.32 Å². The summed E-state index contributed by atoms with van der Waals surface area (Å²) in [7, 11) is 0. The Kier molecular flexibility index (Phi) is 2.52. The Bertz CT molecular complexity index is 247. The van der Waals surface area contributed by atoms with E-state index in [1.807, 2.05) is 13.0 Å². The molecule has 1 aromatic heterocycles. The van der Waals surface area contributed by atoms with Crippen molar-refractivity contribution in [3.8, 4) is 0 Å². The lowest BCUT2D eigenvalue weighted by Gasteiger charge is -2.18. The molecule has 0 amide bonds. The number of nitrogens with one attached hydrogen (secondary N) is 1. The van der Waals surface area contributed by atoms with Gasteiger partial charge in [-0.25, -0.2) is 0 Å². The van der Waals surface area contributed by atoms with E-state index in [1.165, 1.54) is 0 Å². The molecule has 0 fully saturated rings. The van der Waals surface area contributed by atoms with Gasteiger partial charge in [-0.05, 0) is 27.7 Å². The predicted molar refractivity (Wildman–Crippen MR) is 47.8 cm³/mol. The molecule has 3 heteroatoms. The van der Waals surface area contributed by atoms with E-state index < -0.39 is 0 Å². The molecule has 1 rings (SSSR count). The molecule has 1 aromatic rings. The molecule has 0 saturated carbocycles. The minimum absolute atomic E-state index is 0.126. The number of aryl methyl sites for hydroxylation is 1. The zero-order valence-electron chi connectivity index (χ0n) is 8.14. The van der Waals surface area contributed by atoms with Crippen molar-refractivity contribution >= 4 is 0 Å². The Morgan fingerprint density at radius 1 is 1.50 bits per heavy atom. The molecule has 0 aliphatic rings. The van der Waals surface area contributed by atoms with Crippen LogP contribution in [0.4, 0.5) is 0 Å². The molecule has 0 aliphatic carbocycles. The summed E-state index contributed by atoms with van der Waals surface area (Å²) in [4.78, 5) is 0. The molecule has 0 radical (unpaired) electrons. The second-order valence-electron chi connectivity index (χ2n) is 4.04. The molecular formula is C9H16N2O. The van der Waals surface area contributed by atoms with Gasteiger partial charge in [-0.1, -0.05) is 5.16 Å². The summed E-state index contributed by atoms with van der Waals surface area (Å²) >= 11 is 0. The molecule has 0 unspecified atom stereocenters. The van der Waals surface area contributed by atoms with Crippen molar-refractivity contribution in [1.29, 1.82) is 0 Å². The first-order valence-corrected chi connectivity index (χ1v) is 4.14. The van der Waals surface area contributed by atoms with E-state index in [0.717, 1.165) is 18.0 Å². The van der Waals surface area contributed by atoms with Crippen LogP contribution in [-0.4, -0.2) is 10.7 Å². The summed E-state index contributed by atoms with van der Waals surface area (Å²) in [6.07, 6.45) is 0. The average Bonchev–Trinajstić information content (AvgIpc) is 2.30. The van der Waals surface area contributed by atoms with Gasteiger partial charge in [-0.2, -0.15) is 0 Å². The van der Waals surface area contributed by atoms with Crippen LogP contribution in [0.5, 0.6) is 0 Å². The highest BCUT2D eigenvalue weighted by molar-refractivity contribution is 5.02. The highest BCUT2D eigenvalue weighted by Gasteiger charge is 2.09. The highest BCUT2D eigenvalue weighted by Crippen LogP contribution is 2.05. The summed E-state index contributed by atoms with van der Waals surface area (Å²) in [5.74, 6) is 0.891. The van der Waals surface area contributed by atoms with E-state index in [1.54, 1.807) is 0 Å². The van der Waals surface area contributed by atoms with Crippen molar-refractivity contribution in [2.75, 3.05) is 0 Å². The van der Waals surface area contributed by atoms with Gasteiger partial charge < -0.3 is 9.84 Å². The van der Waals surface area contributed by atoms with Gasteiger partial charge in [0, 0.05) is 11.6 Å². The smallest absolute Gasteiger partial charge is 0.150 e. The van der Waals surface area contributed by atoms with Crippen LogP contribution in [0.2, 0.25) is 0 Å². The van der Waals surface area contributed by atoms with Crippen molar-refractivity contribution in [2.45, 2.75) is 39.8 Å². The molecule has 0 spiro atoms. The van der Waals surface area contributed by atoms with E-state index in [2.05, 4.69) is 31.2 Å². The summed E-state index contributed by atoms with van der Waals surface area (Å²) in [5, 5.41) is 7.12. The van der Waals surface area contributed by atoms with Gasteiger partial charge in [-0.15, -0.1) is 0 Å². The molecule has 1 heterocycles. The first kappa shape index (κ1) is 9.26. The molecule has 1 N–H and O–H groups in total. The van der Waals surface area contributed by atoms with Crippen LogP contribution in [0.15, 0.2) is 10.6 Å². The van der Waals surface area contributed by atoms with Crippen LogP contribution >= 0.6 is 0 Å². The van der Waals surface area contributed by atoms with Crippen molar-refractivity contribution < 1.29 is 4.52 Å². The first-order valence-electron chi connectivity index (χ1n) is 4.14. The summed E-state index contributed by atoms with van der Waals surface area (Å²) in [6, 6.07) is 1.94. The van der Waals surface area contributed by atoms with Gasteiger partial charge in [0.25, 0.3) is 0 Å². The predicted octanol–water partition coefficient (Wildman–Crippen LogP) is 1.87. The molecule has 68 valence electrons. The van der Waals surface area contributed by atoms with Gasteiger partial charge in [-0.3, -0.25) is 0 Å². The Morgan fingerprint density at radius 2 is 2.17 bits per heavy atom. The number of nitrogens with zero attached hydrogens (tertiary/aromatic N) is 1. The van der Waals surface area contributed by atoms with Crippen LogP contribution in [0.25, 0.3) is 0 Å². The third-order valence-corrected chi connectivity index (χ3v) is 1.47. The standard InChI is InChI=1S/C9H16N2O/c1-7-5-8(12-11-7)6-10-9(2,3)4/h5,10H,6H2,1-4H3. The molecule has 3 nitrogen and oxygen atoms in total. The van der Waals surface area contributed by atoms with E-state index in [0.29, 0.717) is 0 Å². The third-order valence-electron chi connectivity index (χ3n) is 1.47. The molecular weight excluding hydrogens is 152 g/mol. The Hall–Kier alpha value is -0.830. The van der Waals surface area contributed by atoms with E-state index in [9.17, 15) is 0 Å². The van der Waals surface area contributed by atoms with Crippen molar-refractivity contribution in [2.24, 2.45) is 0 Å². The molecule has 0 aromatic carbocycles. The zero-order valence-corrected chi connectivity index (χ0v) is 8.14. The fourth-order valence-electron chi connectivity index (χ4n) is 0.852. The fourth-order valence-corrected chi connectivity index (χ4v) is 0.852. The van der Waals surface area contributed by atoms with Gasteiger partial charge in [0.2, 0.25) is 0 Å². The Labute approximate surface area is 73.1 Å². The summed E-state index contributed by atoms with van der Waals surface area (Å²) in [6.45, 7) is 9.02. The minimum atomic E-state index is 0.126. The Balaban J connectivity index is 2.44. The summed E-state index contributed by atoms with van der Waals surface area (Å²) < 4.78 is 5.05. The number of hydrogen-bond acceptors (Lipinski definition) is 3. The van der Waals surface area contributed by atoms with Crippen LogP contribution in [0.3, 0.4) is 0 Å². The minimum Gasteiger partial charge on any atom is -0.360 e. The number of aromatic nitrogens is 1. The maximum atomic E-state index is 5.05. The van der Waals surface area contributed by atoms with Crippen LogP contribution in [0, 0.1) is 6.92 Å². The molecule has 0 bridgehead atoms. The lowest BCUT2D eigenvalue weighted by atomic mass is 10.1. The molecule has 0 atom stereocenters. The van der Waals surface area contributed by atoms with Gasteiger partial charge in [0.05, 0.1) is 12.2 Å². The zero-order chi connectivity index (χ0) is 9.19. The van der Waals surface area contributed by atoms with E-state index >= 15 is 0 Å². The monoisotopic (exact) mass is 168 g/mol. The average molecular weight is 168 g/mol. The SMILES string of the molecule is Cc1cc(CNC(C)(C)C)on1. The quantitative estimate of drug-likeness (QED) is 0.732. The fraction of sp³-hybridized carbons (Fsp3) is 0.667. The van der Waals surface area contributed by atoms with Crippen molar-refractivity contribution in [3.05, 3.63) is 17.5 Å². The normalized spacial score (nSPS) is 12.0. The maximum Gasteiger partial charge on any atom is 0.150 e. The summed E-state index contributed by atoms with van der Waals surface area (Å²) in [5.41, 5.74) is 1.06. The molecule has 0 aliphatic heterocycles. The lowest BCUT2D eigenvalue weighted by molar-refractivity contribution is 0.340. The van der Waals surface area contributed by atoms with E-state index in [-0.39, 0.29) is 5.54 Å². The Morgan fingerprint density at radius 3 is 2.58 bits per heavy atom. The number of hydrogen-bond donors (Lipinski definition) is 1. The second kappa shape index (κ2) is 3.27. The van der Waals surface area contributed by atoms with Crippen molar-refractivity contribution in [3.63, 3.8) is 0 Å². The second-order valence-corrected chi connectivity index (χ2v) is 4.04. The van der Waals surface area contributed by atoms with Crippen LogP contribution in [0.1, 0.15) is 32.2 Å².